The maximum Gasteiger partial charge on any atom is 0.0646 e. The molecule has 0 radical (unpaired) electrons. The molecule has 1 aliphatic heterocycles. The van der Waals surface area contributed by atoms with Gasteiger partial charge in [-0.05, 0) is 25.2 Å². The summed E-state index contributed by atoms with van der Waals surface area (Å²) in [5.41, 5.74) is 6.27. The van der Waals surface area contributed by atoms with E-state index in [0.29, 0.717) is 0 Å². The van der Waals surface area contributed by atoms with Crippen LogP contribution in [0.4, 0.5) is 0 Å². The molecule has 0 aromatic rings. The molecule has 1 fully saturated rings. The Morgan fingerprint density at radius 3 is 2.54 bits per heavy atom. The van der Waals surface area contributed by atoms with Crippen molar-refractivity contribution in [1.82, 2.24) is 0 Å². The summed E-state index contributed by atoms with van der Waals surface area (Å²) in [5, 5.41) is 0. The van der Waals surface area contributed by atoms with E-state index >= 15 is 0 Å². The Kier molecular flexibility index (Phi) is 4.20. The third kappa shape index (κ3) is 3.28. The molecule has 0 bridgehead atoms. The Hall–Kier alpha value is -0.0800. The zero-order valence-electron chi connectivity index (χ0n) is 9.01. The van der Waals surface area contributed by atoms with Crippen LogP contribution in [-0.4, -0.2) is 18.8 Å². The van der Waals surface area contributed by atoms with Crippen LogP contribution in [0.25, 0.3) is 0 Å². The second kappa shape index (κ2) is 4.97. The average molecular weight is 185 g/mol. The summed E-state index contributed by atoms with van der Waals surface area (Å²) in [4.78, 5) is 0. The maximum absolute atomic E-state index is 6.29. The lowest BCUT2D eigenvalue weighted by molar-refractivity contribution is 0.0267. The normalized spacial score (nSPS) is 29.5. The molecular weight excluding hydrogens is 162 g/mol. The maximum atomic E-state index is 6.29. The molecular formula is C11H23NO. The quantitative estimate of drug-likeness (QED) is 0.729. The van der Waals surface area contributed by atoms with Crippen molar-refractivity contribution in [2.24, 2.45) is 11.7 Å². The molecule has 2 N–H and O–H groups in total. The van der Waals surface area contributed by atoms with Gasteiger partial charge in [-0.25, -0.2) is 0 Å². The molecule has 1 saturated heterocycles. The number of ether oxygens (including phenoxy) is 1. The van der Waals surface area contributed by atoms with E-state index in [9.17, 15) is 0 Å². The molecule has 78 valence electrons. The van der Waals surface area contributed by atoms with E-state index in [2.05, 4.69) is 13.8 Å². The van der Waals surface area contributed by atoms with Crippen molar-refractivity contribution in [1.29, 1.82) is 0 Å². The van der Waals surface area contributed by atoms with Gasteiger partial charge in [0.1, 0.15) is 0 Å². The fourth-order valence-electron chi connectivity index (χ4n) is 2.19. The van der Waals surface area contributed by atoms with Crippen molar-refractivity contribution >= 4 is 0 Å². The predicted octanol–water partition coefficient (Wildman–Crippen LogP) is 2.32. The summed E-state index contributed by atoms with van der Waals surface area (Å²) in [5.74, 6) is 0.784. The highest BCUT2D eigenvalue weighted by atomic mass is 16.5. The average Bonchev–Trinajstić information content (AvgIpc) is 2.15. The first-order valence-corrected chi connectivity index (χ1v) is 5.57. The van der Waals surface area contributed by atoms with Crippen molar-refractivity contribution in [3.63, 3.8) is 0 Å². The SMILES string of the molecule is CCC(CC)CC1(N)CCCOC1. The number of hydrogen-bond donors (Lipinski definition) is 1. The number of nitrogens with two attached hydrogens (primary N) is 1. The van der Waals surface area contributed by atoms with Crippen LogP contribution >= 0.6 is 0 Å². The number of hydrogen-bond acceptors (Lipinski definition) is 2. The van der Waals surface area contributed by atoms with Crippen LogP contribution in [0.3, 0.4) is 0 Å². The zero-order chi connectivity index (χ0) is 9.73. The van der Waals surface area contributed by atoms with Gasteiger partial charge in [0.15, 0.2) is 0 Å². The Bertz CT molecular complexity index is 137. The topological polar surface area (TPSA) is 35.2 Å². The highest BCUT2D eigenvalue weighted by molar-refractivity contribution is 4.88. The highest BCUT2D eigenvalue weighted by Crippen LogP contribution is 2.27. The molecule has 1 aliphatic rings. The van der Waals surface area contributed by atoms with Gasteiger partial charge in [0.2, 0.25) is 0 Å². The summed E-state index contributed by atoms with van der Waals surface area (Å²) in [6, 6.07) is 0. The van der Waals surface area contributed by atoms with Gasteiger partial charge in [-0.1, -0.05) is 26.7 Å². The van der Waals surface area contributed by atoms with Crippen LogP contribution in [0, 0.1) is 5.92 Å². The molecule has 0 saturated carbocycles. The molecule has 2 heteroatoms. The summed E-state index contributed by atoms with van der Waals surface area (Å²) in [6.45, 7) is 6.17. The van der Waals surface area contributed by atoms with E-state index in [-0.39, 0.29) is 5.54 Å². The van der Waals surface area contributed by atoms with Gasteiger partial charge >= 0.3 is 0 Å². The van der Waals surface area contributed by atoms with Crippen molar-refractivity contribution < 1.29 is 4.74 Å². The largest absolute Gasteiger partial charge is 0.380 e. The summed E-state index contributed by atoms with van der Waals surface area (Å²) < 4.78 is 5.45. The Balaban J connectivity index is 2.39. The van der Waals surface area contributed by atoms with Gasteiger partial charge in [0.25, 0.3) is 0 Å². The summed E-state index contributed by atoms with van der Waals surface area (Å²) >= 11 is 0. The smallest absolute Gasteiger partial charge is 0.0646 e. The van der Waals surface area contributed by atoms with Crippen LogP contribution in [0.1, 0.15) is 46.0 Å². The minimum atomic E-state index is -0.0189. The highest BCUT2D eigenvalue weighted by Gasteiger charge is 2.30. The molecule has 0 aromatic heterocycles. The second-order valence-corrected chi connectivity index (χ2v) is 4.41. The number of rotatable bonds is 4. The van der Waals surface area contributed by atoms with Crippen LogP contribution < -0.4 is 5.73 Å². The van der Waals surface area contributed by atoms with Crippen LogP contribution in [0.2, 0.25) is 0 Å². The molecule has 0 aromatic carbocycles. The lowest BCUT2D eigenvalue weighted by Crippen LogP contribution is -2.48. The van der Waals surface area contributed by atoms with E-state index in [1.807, 2.05) is 0 Å². The fourth-order valence-corrected chi connectivity index (χ4v) is 2.19. The molecule has 2 nitrogen and oxygen atoms in total. The molecule has 0 spiro atoms. The minimum absolute atomic E-state index is 0.0189. The van der Waals surface area contributed by atoms with Gasteiger partial charge < -0.3 is 10.5 Å². The van der Waals surface area contributed by atoms with Gasteiger partial charge in [-0.3, -0.25) is 0 Å². The lowest BCUT2D eigenvalue weighted by atomic mass is 9.82. The lowest BCUT2D eigenvalue weighted by Gasteiger charge is -2.35. The first kappa shape index (κ1) is 11.0. The van der Waals surface area contributed by atoms with E-state index in [1.165, 1.54) is 12.8 Å². The minimum Gasteiger partial charge on any atom is -0.380 e. The molecule has 1 atom stereocenters. The molecule has 0 amide bonds. The second-order valence-electron chi connectivity index (χ2n) is 4.41. The van der Waals surface area contributed by atoms with E-state index in [4.69, 9.17) is 10.5 Å². The molecule has 1 heterocycles. The molecule has 1 unspecified atom stereocenters. The predicted molar refractivity (Wildman–Crippen MR) is 55.7 cm³/mol. The molecule has 0 aliphatic carbocycles. The van der Waals surface area contributed by atoms with E-state index in [0.717, 1.165) is 38.4 Å². The van der Waals surface area contributed by atoms with Crippen molar-refractivity contribution in [3.8, 4) is 0 Å². The third-order valence-electron chi connectivity index (χ3n) is 3.20. The summed E-state index contributed by atoms with van der Waals surface area (Å²) in [7, 11) is 0. The van der Waals surface area contributed by atoms with Gasteiger partial charge in [0, 0.05) is 12.1 Å². The van der Waals surface area contributed by atoms with Crippen molar-refractivity contribution in [2.75, 3.05) is 13.2 Å². The molecule has 1 rings (SSSR count). The third-order valence-corrected chi connectivity index (χ3v) is 3.20. The summed E-state index contributed by atoms with van der Waals surface area (Å²) in [6.07, 6.45) is 5.91. The standard InChI is InChI=1S/C11H23NO/c1-3-10(4-2)8-11(12)6-5-7-13-9-11/h10H,3-9,12H2,1-2H3. The first-order chi connectivity index (χ1) is 6.20. The zero-order valence-corrected chi connectivity index (χ0v) is 9.01. The van der Waals surface area contributed by atoms with Crippen LogP contribution in [0.15, 0.2) is 0 Å². The van der Waals surface area contributed by atoms with E-state index < -0.39 is 0 Å². The van der Waals surface area contributed by atoms with Gasteiger partial charge in [-0.2, -0.15) is 0 Å². The van der Waals surface area contributed by atoms with Gasteiger partial charge in [0.05, 0.1) is 6.61 Å². The Morgan fingerprint density at radius 2 is 2.08 bits per heavy atom. The van der Waals surface area contributed by atoms with Crippen LogP contribution in [-0.2, 0) is 4.74 Å². The van der Waals surface area contributed by atoms with E-state index in [1.54, 1.807) is 0 Å². The fraction of sp³-hybridized carbons (Fsp3) is 1.00. The molecule has 13 heavy (non-hydrogen) atoms. The monoisotopic (exact) mass is 185 g/mol. The van der Waals surface area contributed by atoms with Crippen molar-refractivity contribution in [2.45, 2.75) is 51.5 Å². The van der Waals surface area contributed by atoms with Crippen molar-refractivity contribution in [3.05, 3.63) is 0 Å². The Morgan fingerprint density at radius 1 is 1.38 bits per heavy atom. The van der Waals surface area contributed by atoms with Gasteiger partial charge in [-0.15, -0.1) is 0 Å². The first-order valence-electron chi connectivity index (χ1n) is 5.57. The Labute approximate surface area is 81.8 Å². The van der Waals surface area contributed by atoms with Crippen LogP contribution in [0.5, 0.6) is 0 Å².